The molecule has 1 heterocycles. The Morgan fingerprint density at radius 1 is 1.20 bits per heavy atom. The highest BCUT2D eigenvalue weighted by Gasteiger charge is 2.23. The van der Waals surface area contributed by atoms with E-state index in [1.807, 2.05) is 0 Å². The molecule has 0 radical (unpaired) electrons. The zero-order valence-corrected chi connectivity index (χ0v) is 12.5. The molecule has 0 amide bonds. The van der Waals surface area contributed by atoms with E-state index in [1.165, 1.54) is 22.9 Å². The summed E-state index contributed by atoms with van der Waals surface area (Å²) in [5, 5.41) is 6.33. The number of nitrogens with one attached hydrogen (secondary N) is 1. The summed E-state index contributed by atoms with van der Waals surface area (Å²) in [4.78, 5) is 2.53. The fraction of sp³-hybridized carbons (Fsp3) is 0.444. The minimum atomic E-state index is 0.611. The molecule has 3 rings (SSSR count). The van der Waals surface area contributed by atoms with Crippen molar-refractivity contribution < 1.29 is 0 Å². The molecule has 0 saturated carbocycles. The zero-order chi connectivity index (χ0) is 13.9. The SMILES string of the molecule is CCC(C)C1CN(c2ccc3ccccc3c2)CCN1. The van der Waals surface area contributed by atoms with Crippen LogP contribution >= 0.6 is 0 Å². The number of rotatable bonds is 3. The minimum Gasteiger partial charge on any atom is -0.369 e. The lowest BCUT2D eigenvalue weighted by Gasteiger charge is -2.38. The highest BCUT2D eigenvalue weighted by atomic mass is 15.2. The van der Waals surface area contributed by atoms with Gasteiger partial charge in [-0.2, -0.15) is 0 Å². The van der Waals surface area contributed by atoms with E-state index in [4.69, 9.17) is 0 Å². The molecule has 2 heteroatoms. The van der Waals surface area contributed by atoms with Crippen LogP contribution in [0.25, 0.3) is 10.8 Å². The maximum absolute atomic E-state index is 3.67. The van der Waals surface area contributed by atoms with E-state index < -0.39 is 0 Å². The summed E-state index contributed by atoms with van der Waals surface area (Å²) < 4.78 is 0. The van der Waals surface area contributed by atoms with Crippen LogP contribution in [-0.2, 0) is 0 Å². The molecule has 20 heavy (non-hydrogen) atoms. The largest absolute Gasteiger partial charge is 0.369 e. The van der Waals surface area contributed by atoms with E-state index in [0.29, 0.717) is 6.04 Å². The third-order valence-corrected chi connectivity index (χ3v) is 4.63. The average molecular weight is 268 g/mol. The van der Waals surface area contributed by atoms with Crippen molar-refractivity contribution in [3.63, 3.8) is 0 Å². The molecule has 0 spiro atoms. The van der Waals surface area contributed by atoms with Gasteiger partial charge >= 0.3 is 0 Å². The minimum absolute atomic E-state index is 0.611. The standard InChI is InChI=1S/C18H24N2/c1-3-14(2)18-13-20(11-10-19-18)17-9-8-15-6-4-5-7-16(15)12-17/h4-9,12,14,18-19H,3,10-11,13H2,1-2H3. The van der Waals surface area contributed by atoms with Gasteiger partial charge in [-0.3, -0.25) is 0 Å². The van der Waals surface area contributed by atoms with Crippen LogP contribution in [0.4, 0.5) is 5.69 Å². The van der Waals surface area contributed by atoms with Gasteiger partial charge in [-0.1, -0.05) is 50.6 Å². The van der Waals surface area contributed by atoms with E-state index in [9.17, 15) is 0 Å². The average Bonchev–Trinajstić information content (AvgIpc) is 2.53. The monoisotopic (exact) mass is 268 g/mol. The second-order valence-electron chi connectivity index (χ2n) is 5.92. The second-order valence-corrected chi connectivity index (χ2v) is 5.92. The maximum atomic E-state index is 3.67. The molecule has 1 aliphatic heterocycles. The molecule has 1 saturated heterocycles. The van der Waals surface area contributed by atoms with Gasteiger partial charge in [0.1, 0.15) is 0 Å². The Labute approximate surface area is 121 Å². The van der Waals surface area contributed by atoms with E-state index in [0.717, 1.165) is 25.6 Å². The first-order valence-electron chi connectivity index (χ1n) is 7.75. The van der Waals surface area contributed by atoms with Gasteiger partial charge in [-0.15, -0.1) is 0 Å². The highest BCUT2D eigenvalue weighted by Crippen LogP contribution is 2.24. The zero-order valence-electron chi connectivity index (χ0n) is 12.5. The topological polar surface area (TPSA) is 15.3 Å². The Bertz CT molecular complexity index is 578. The molecule has 0 aliphatic carbocycles. The van der Waals surface area contributed by atoms with Crippen molar-refractivity contribution in [1.29, 1.82) is 0 Å². The van der Waals surface area contributed by atoms with Gasteiger partial charge in [0.25, 0.3) is 0 Å². The molecule has 106 valence electrons. The molecule has 0 aromatic heterocycles. The van der Waals surface area contributed by atoms with Crippen LogP contribution in [0.15, 0.2) is 42.5 Å². The van der Waals surface area contributed by atoms with Gasteiger partial charge in [-0.25, -0.2) is 0 Å². The molecular weight excluding hydrogens is 244 g/mol. The third-order valence-electron chi connectivity index (χ3n) is 4.63. The Hall–Kier alpha value is -1.54. The first-order valence-corrected chi connectivity index (χ1v) is 7.75. The predicted octanol–water partition coefficient (Wildman–Crippen LogP) is 3.66. The first kappa shape index (κ1) is 13.4. The smallest absolute Gasteiger partial charge is 0.0373 e. The molecule has 2 nitrogen and oxygen atoms in total. The van der Waals surface area contributed by atoms with Crippen LogP contribution < -0.4 is 10.2 Å². The van der Waals surface area contributed by atoms with Crippen molar-refractivity contribution in [1.82, 2.24) is 5.32 Å². The molecule has 2 aromatic carbocycles. The number of hydrogen-bond donors (Lipinski definition) is 1. The number of benzene rings is 2. The molecule has 2 unspecified atom stereocenters. The van der Waals surface area contributed by atoms with Crippen LogP contribution in [0, 0.1) is 5.92 Å². The van der Waals surface area contributed by atoms with Crippen LogP contribution in [0.2, 0.25) is 0 Å². The van der Waals surface area contributed by atoms with Crippen molar-refractivity contribution in [2.24, 2.45) is 5.92 Å². The summed E-state index contributed by atoms with van der Waals surface area (Å²) in [6, 6.07) is 16.0. The molecule has 2 atom stereocenters. The summed E-state index contributed by atoms with van der Waals surface area (Å²) in [5.41, 5.74) is 1.36. The molecule has 2 aromatic rings. The van der Waals surface area contributed by atoms with Gasteiger partial charge in [0.2, 0.25) is 0 Å². The van der Waals surface area contributed by atoms with Crippen LogP contribution in [-0.4, -0.2) is 25.7 Å². The third kappa shape index (κ3) is 2.66. The molecule has 1 aliphatic rings. The Balaban J connectivity index is 1.83. The Morgan fingerprint density at radius 3 is 2.80 bits per heavy atom. The number of piperazine rings is 1. The van der Waals surface area contributed by atoms with E-state index in [-0.39, 0.29) is 0 Å². The summed E-state index contributed by atoms with van der Waals surface area (Å²) in [7, 11) is 0. The lowest BCUT2D eigenvalue weighted by Crippen LogP contribution is -2.53. The summed E-state index contributed by atoms with van der Waals surface area (Å²) in [5.74, 6) is 0.734. The maximum Gasteiger partial charge on any atom is 0.0373 e. The van der Waals surface area contributed by atoms with E-state index >= 15 is 0 Å². The highest BCUT2D eigenvalue weighted by molar-refractivity contribution is 5.85. The molecular formula is C18H24N2. The van der Waals surface area contributed by atoms with Gasteiger partial charge in [0.05, 0.1) is 0 Å². The number of hydrogen-bond acceptors (Lipinski definition) is 2. The summed E-state index contributed by atoms with van der Waals surface area (Å²) >= 11 is 0. The fourth-order valence-electron chi connectivity index (χ4n) is 3.05. The number of nitrogens with zero attached hydrogens (tertiary/aromatic N) is 1. The predicted molar refractivity (Wildman–Crippen MR) is 87.4 cm³/mol. The lowest BCUT2D eigenvalue weighted by molar-refractivity contribution is 0.342. The van der Waals surface area contributed by atoms with E-state index in [1.54, 1.807) is 0 Å². The molecule has 1 fully saturated rings. The van der Waals surface area contributed by atoms with Crippen LogP contribution in [0.5, 0.6) is 0 Å². The van der Waals surface area contributed by atoms with Crippen molar-refractivity contribution in [3.05, 3.63) is 42.5 Å². The van der Waals surface area contributed by atoms with Gasteiger partial charge in [-0.05, 0) is 28.8 Å². The van der Waals surface area contributed by atoms with Crippen molar-refractivity contribution in [2.75, 3.05) is 24.5 Å². The lowest BCUT2D eigenvalue weighted by atomic mass is 9.97. The normalized spacial score (nSPS) is 21.1. The quantitative estimate of drug-likeness (QED) is 0.914. The second kappa shape index (κ2) is 5.84. The van der Waals surface area contributed by atoms with Gasteiger partial charge < -0.3 is 10.2 Å². The van der Waals surface area contributed by atoms with Gasteiger partial charge in [0.15, 0.2) is 0 Å². The molecule has 0 bridgehead atoms. The van der Waals surface area contributed by atoms with Crippen LogP contribution in [0.1, 0.15) is 20.3 Å². The van der Waals surface area contributed by atoms with Crippen molar-refractivity contribution >= 4 is 16.5 Å². The van der Waals surface area contributed by atoms with Crippen molar-refractivity contribution in [3.8, 4) is 0 Å². The van der Waals surface area contributed by atoms with Gasteiger partial charge in [0, 0.05) is 31.4 Å². The van der Waals surface area contributed by atoms with Crippen molar-refractivity contribution in [2.45, 2.75) is 26.3 Å². The van der Waals surface area contributed by atoms with E-state index in [2.05, 4.69) is 66.5 Å². The summed E-state index contributed by atoms with van der Waals surface area (Å²) in [6.45, 7) is 7.93. The summed E-state index contributed by atoms with van der Waals surface area (Å²) in [6.07, 6.45) is 1.24. The Morgan fingerprint density at radius 2 is 2.00 bits per heavy atom. The Kier molecular flexibility index (Phi) is 3.93. The first-order chi connectivity index (χ1) is 9.78. The number of fused-ring (bicyclic) bond motifs is 1. The van der Waals surface area contributed by atoms with Crippen LogP contribution in [0.3, 0.4) is 0 Å². The molecule has 1 N–H and O–H groups in total. The number of anilines is 1. The fourth-order valence-corrected chi connectivity index (χ4v) is 3.05.